The number of rotatable bonds is 12. The van der Waals surface area contributed by atoms with E-state index in [2.05, 4.69) is 0 Å². The second-order valence-corrected chi connectivity index (χ2v) is 8.60. The van der Waals surface area contributed by atoms with Gasteiger partial charge >= 0.3 is 0 Å². The van der Waals surface area contributed by atoms with E-state index in [4.69, 9.17) is 0 Å². The van der Waals surface area contributed by atoms with Gasteiger partial charge in [0.1, 0.15) is 11.5 Å². The Balaban J connectivity index is 1.50. The van der Waals surface area contributed by atoms with E-state index in [0.717, 1.165) is 29.4 Å². The van der Waals surface area contributed by atoms with Crippen molar-refractivity contribution in [2.45, 2.75) is 25.7 Å². The fraction of sp³-hybridized carbons (Fsp3) is 0.333. The molecule has 0 radical (unpaired) electrons. The van der Waals surface area contributed by atoms with Crippen molar-refractivity contribution in [3.8, 4) is 11.5 Å². The maximum atomic E-state index is 12.0. The average Bonchev–Trinajstić information content (AvgIpc) is 2.67. The zero-order valence-corrected chi connectivity index (χ0v) is 16.7. The second kappa shape index (κ2) is 11.7. The topological polar surface area (TPSA) is 74.6 Å². The Kier molecular flexibility index (Phi) is 9.28. The molecule has 0 heterocycles. The van der Waals surface area contributed by atoms with E-state index in [1.54, 1.807) is 59.9 Å². The van der Waals surface area contributed by atoms with Gasteiger partial charge in [-0.25, -0.2) is 0 Å². The predicted molar refractivity (Wildman–Crippen MR) is 113 cm³/mol. The van der Waals surface area contributed by atoms with Crippen LogP contribution in [0.1, 0.15) is 46.4 Å². The predicted octanol–water partition coefficient (Wildman–Crippen LogP) is 5.15. The van der Waals surface area contributed by atoms with Crippen LogP contribution in [-0.4, -0.2) is 38.4 Å². The van der Waals surface area contributed by atoms with E-state index in [0.29, 0.717) is 24.0 Å². The van der Waals surface area contributed by atoms with E-state index in [-0.39, 0.29) is 23.1 Å². The highest BCUT2D eigenvalue weighted by Crippen LogP contribution is 2.21. The number of carbonyl (C=O) groups is 2. The molecule has 0 bridgehead atoms. The summed E-state index contributed by atoms with van der Waals surface area (Å²) in [6.07, 6.45) is 2.43. The molecule has 0 unspecified atom stereocenters. The quantitative estimate of drug-likeness (QED) is 0.290. The van der Waals surface area contributed by atoms with Gasteiger partial charge in [-0.3, -0.25) is 9.59 Å². The van der Waals surface area contributed by atoms with Crippen LogP contribution in [0, 0.1) is 0 Å². The number of carbonyl (C=O) groups excluding carboxylic acids is 2. The maximum Gasteiger partial charge on any atom is 0.166 e. The summed E-state index contributed by atoms with van der Waals surface area (Å²) in [6, 6.07) is 13.3. The third-order valence-electron chi connectivity index (χ3n) is 3.96. The Morgan fingerprint density at radius 1 is 0.704 bits per heavy atom. The lowest BCUT2D eigenvalue weighted by Crippen LogP contribution is -2.00. The Bertz CT molecular complexity index is 698. The van der Waals surface area contributed by atoms with Crippen molar-refractivity contribution in [2.75, 3.05) is 16.6 Å². The van der Waals surface area contributed by atoms with Crippen LogP contribution >= 0.6 is 23.5 Å². The van der Waals surface area contributed by atoms with E-state index in [9.17, 15) is 19.8 Å². The number of benzene rings is 2. The largest absolute Gasteiger partial charge is 0.507 e. The van der Waals surface area contributed by atoms with Crippen molar-refractivity contribution in [2.24, 2.45) is 0 Å². The highest BCUT2D eigenvalue weighted by Gasteiger charge is 2.10. The molecule has 0 fully saturated rings. The molecule has 4 nitrogen and oxygen atoms in total. The van der Waals surface area contributed by atoms with Gasteiger partial charge in [-0.15, -0.1) is 0 Å². The van der Waals surface area contributed by atoms with Crippen LogP contribution in [0.15, 0.2) is 48.5 Å². The van der Waals surface area contributed by atoms with Crippen LogP contribution in [0.5, 0.6) is 11.5 Å². The third-order valence-corrected chi connectivity index (χ3v) is 6.45. The normalized spacial score (nSPS) is 10.7. The smallest absolute Gasteiger partial charge is 0.166 e. The number of phenolic OH excluding ortho intramolecular Hbond substituents is 2. The fourth-order valence-electron chi connectivity index (χ4n) is 2.53. The van der Waals surface area contributed by atoms with Gasteiger partial charge in [-0.05, 0) is 48.6 Å². The Hall–Kier alpha value is -1.92. The molecule has 6 heteroatoms. The average molecular weight is 405 g/mol. The Morgan fingerprint density at radius 2 is 1.11 bits per heavy atom. The van der Waals surface area contributed by atoms with Gasteiger partial charge < -0.3 is 10.2 Å². The summed E-state index contributed by atoms with van der Waals surface area (Å²) < 4.78 is 0. The number of hydrogen-bond donors (Lipinski definition) is 2. The molecule has 2 N–H and O–H groups in total. The summed E-state index contributed by atoms with van der Waals surface area (Å²) in [6.45, 7) is 0. The number of phenols is 2. The lowest BCUT2D eigenvalue weighted by atomic mass is 10.1. The van der Waals surface area contributed by atoms with Crippen LogP contribution in [0.25, 0.3) is 0 Å². The number of Topliss-reactive ketones (excluding diaryl/α,β-unsaturated/α-hetero) is 2. The van der Waals surface area contributed by atoms with Gasteiger partial charge in [0.15, 0.2) is 11.6 Å². The van der Waals surface area contributed by atoms with Gasteiger partial charge in [0.2, 0.25) is 0 Å². The van der Waals surface area contributed by atoms with Crippen molar-refractivity contribution in [1.29, 1.82) is 0 Å². The van der Waals surface area contributed by atoms with Crippen molar-refractivity contribution in [3.63, 3.8) is 0 Å². The van der Waals surface area contributed by atoms with Gasteiger partial charge in [0, 0.05) is 17.9 Å². The number of para-hydroxylation sites is 2. The number of thioether (sulfide) groups is 2. The van der Waals surface area contributed by atoms with Gasteiger partial charge in [0.25, 0.3) is 0 Å². The van der Waals surface area contributed by atoms with Crippen LogP contribution in [0.4, 0.5) is 0 Å². The fourth-order valence-corrected chi connectivity index (χ4v) is 4.65. The summed E-state index contributed by atoms with van der Waals surface area (Å²) in [5.74, 6) is 1.83. The summed E-state index contributed by atoms with van der Waals surface area (Å²) in [4.78, 5) is 24.0. The molecule has 0 aromatic heterocycles. The first-order valence-corrected chi connectivity index (χ1v) is 11.2. The van der Waals surface area contributed by atoms with E-state index >= 15 is 0 Å². The molecule has 2 rings (SSSR count). The first-order chi connectivity index (χ1) is 13.1. The number of hydrogen-bond acceptors (Lipinski definition) is 6. The molecule has 0 spiro atoms. The molecule has 2 aromatic rings. The molecular formula is C21H24O4S2. The maximum absolute atomic E-state index is 12.0. The van der Waals surface area contributed by atoms with Crippen LogP contribution < -0.4 is 0 Å². The minimum atomic E-state index is -0.0240. The van der Waals surface area contributed by atoms with Crippen LogP contribution in [0.2, 0.25) is 0 Å². The number of aromatic hydroxyl groups is 2. The molecule has 0 amide bonds. The van der Waals surface area contributed by atoms with Crippen molar-refractivity contribution < 1.29 is 19.8 Å². The highest BCUT2D eigenvalue weighted by molar-refractivity contribution is 8.15. The molecule has 144 valence electrons. The Morgan fingerprint density at radius 3 is 1.52 bits per heavy atom. The molecular weight excluding hydrogens is 380 g/mol. The number of ketones is 2. The molecule has 0 saturated carbocycles. The monoisotopic (exact) mass is 404 g/mol. The van der Waals surface area contributed by atoms with Crippen LogP contribution in [0.3, 0.4) is 0 Å². The lowest BCUT2D eigenvalue weighted by molar-refractivity contribution is 0.0971. The molecule has 0 atom stereocenters. The van der Waals surface area contributed by atoms with Crippen molar-refractivity contribution >= 4 is 35.1 Å². The van der Waals surface area contributed by atoms with Gasteiger partial charge in [-0.1, -0.05) is 24.3 Å². The van der Waals surface area contributed by atoms with E-state index < -0.39 is 0 Å². The highest BCUT2D eigenvalue weighted by atomic mass is 32.2. The molecule has 0 saturated heterocycles. The van der Waals surface area contributed by atoms with E-state index in [1.807, 2.05) is 0 Å². The van der Waals surface area contributed by atoms with Gasteiger partial charge in [-0.2, -0.15) is 23.5 Å². The lowest BCUT2D eigenvalue weighted by Gasteiger charge is -2.05. The SMILES string of the molecule is O=C(CCCSCSCCCC(=O)c1ccccc1O)c1ccccc1O. The zero-order valence-electron chi connectivity index (χ0n) is 15.1. The molecule has 0 aliphatic rings. The molecule has 0 aliphatic heterocycles. The summed E-state index contributed by atoms with van der Waals surface area (Å²) in [5, 5.41) is 20.3. The minimum Gasteiger partial charge on any atom is -0.507 e. The zero-order chi connectivity index (χ0) is 19.5. The molecule has 27 heavy (non-hydrogen) atoms. The molecule has 2 aromatic carbocycles. The van der Waals surface area contributed by atoms with Gasteiger partial charge in [0.05, 0.1) is 11.1 Å². The molecule has 0 aliphatic carbocycles. The summed E-state index contributed by atoms with van der Waals surface area (Å²) in [7, 11) is 0. The van der Waals surface area contributed by atoms with Crippen molar-refractivity contribution in [3.05, 3.63) is 59.7 Å². The first kappa shape index (κ1) is 21.4. The Labute approximate surface area is 168 Å². The third kappa shape index (κ3) is 7.31. The summed E-state index contributed by atoms with van der Waals surface area (Å²) in [5.41, 5.74) is 0.789. The van der Waals surface area contributed by atoms with Crippen LogP contribution in [-0.2, 0) is 0 Å². The summed E-state index contributed by atoms with van der Waals surface area (Å²) >= 11 is 3.55. The second-order valence-electron chi connectivity index (χ2n) is 6.02. The van der Waals surface area contributed by atoms with E-state index in [1.165, 1.54) is 12.1 Å². The first-order valence-electron chi connectivity index (χ1n) is 8.87. The van der Waals surface area contributed by atoms with Crippen molar-refractivity contribution in [1.82, 2.24) is 0 Å². The minimum absolute atomic E-state index is 0.0240. The standard InChI is InChI=1S/C21H24O4S2/c22-18-9-3-1-7-16(18)20(24)11-5-13-26-15-27-14-6-12-21(25)17-8-2-4-10-19(17)23/h1-4,7-10,22-23H,5-6,11-15H2.